The van der Waals surface area contributed by atoms with E-state index in [0.29, 0.717) is 23.0 Å². The Morgan fingerprint density at radius 2 is 2.00 bits per heavy atom. The highest BCUT2D eigenvalue weighted by Crippen LogP contribution is 2.31. The van der Waals surface area contributed by atoms with Crippen LogP contribution in [0.5, 0.6) is 11.5 Å². The van der Waals surface area contributed by atoms with Crippen molar-refractivity contribution < 1.29 is 9.47 Å². The first-order valence-electron chi connectivity index (χ1n) is 7.07. The number of benzene rings is 1. The van der Waals surface area contributed by atoms with Crippen molar-refractivity contribution in [2.24, 2.45) is 5.92 Å². The minimum Gasteiger partial charge on any atom is -0.493 e. The lowest BCUT2D eigenvalue weighted by atomic mass is 9.92. The predicted octanol–water partition coefficient (Wildman–Crippen LogP) is 2.68. The molecule has 0 amide bonds. The second-order valence-corrected chi connectivity index (χ2v) is 5.44. The van der Waals surface area contributed by atoms with Gasteiger partial charge >= 0.3 is 0 Å². The maximum absolute atomic E-state index is 8.99. The first kappa shape index (κ1) is 14.7. The monoisotopic (exact) mass is 274 g/mol. The fourth-order valence-electron chi connectivity index (χ4n) is 2.63. The van der Waals surface area contributed by atoms with Gasteiger partial charge in [-0.3, -0.25) is 0 Å². The largest absolute Gasteiger partial charge is 0.493 e. The van der Waals surface area contributed by atoms with Crippen LogP contribution in [0.15, 0.2) is 18.2 Å². The molecule has 4 nitrogen and oxygen atoms in total. The highest BCUT2D eigenvalue weighted by molar-refractivity contribution is 5.46. The van der Waals surface area contributed by atoms with Crippen molar-refractivity contribution in [1.82, 2.24) is 4.90 Å². The second-order valence-electron chi connectivity index (χ2n) is 5.44. The smallest absolute Gasteiger partial charge is 0.162 e. The molecule has 1 aliphatic heterocycles. The van der Waals surface area contributed by atoms with E-state index in [-0.39, 0.29) is 6.10 Å². The molecule has 20 heavy (non-hydrogen) atoms. The van der Waals surface area contributed by atoms with E-state index in [9.17, 15) is 0 Å². The second kappa shape index (κ2) is 6.62. The van der Waals surface area contributed by atoms with Gasteiger partial charge in [0.1, 0.15) is 0 Å². The molecule has 2 rings (SSSR count). The van der Waals surface area contributed by atoms with Crippen molar-refractivity contribution in [1.29, 1.82) is 5.26 Å². The van der Waals surface area contributed by atoms with Gasteiger partial charge in [-0.15, -0.1) is 0 Å². The zero-order valence-electron chi connectivity index (χ0n) is 12.4. The Morgan fingerprint density at radius 3 is 2.60 bits per heavy atom. The summed E-state index contributed by atoms with van der Waals surface area (Å²) in [7, 11) is 3.77. The number of nitriles is 1. The summed E-state index contributed by atoms with van der Waals surface area (Å²) < 4.78 is 11.4. The SMILES string of the molecule is COc1ccc(C#N)cc1OC(C)C1CCN(C)CC1. The third-order valence-corrected chi connectivity index (χ3v) is 4.03. The minimum atomic E-state index is 0.131. The van der Waals surface area contributed by atoms with Crippen molar-refractivity contribution in [3.8, 4) is 17.6 Å². The van der Waals surface area contributed by atoms with E-state index in [1.807, 2.05) is 0 Å². The summed E-state index contributed by atoms with van der Waals surface area (Å²) >= 11 is 0. The maximum atomic E-state index is 8.99. The molecule has 1 aromatic carbocycles. The Bertz CT molecular complexity index is 488. The van der Waals surface area contributed by atoms with Crippen LogP contribution in [0.3, 0.4) is 0 Å². The van der Waals surface area contributed by atoms with Crippen LogP contribution >= 0.6 is 0 Å². The molecule has 0 saturated carbocycles. The Hall–Kier alpha value is -1.73. The summed E-state index contributed by atoms with van der Waals surface area (Å²) in [6.45, 7) is 4.34. The summed E-state index contributed by atoms with van der Waals surface area (Å²) in [6, 6.07) is 7.42. The summed E-state index contributed by atoms with van der Waals surface area (Å²) in [4.78, 5) is 2.35. The van der Waals surface area contributed by atoms with E-state index < -0.39 is 0 Å². The number of hydrogen-bond acceptors (Lipinski definition) is 4. The van der Waals surface area contributed by atoms with Gasteiger partial charge in [-0.05, 0) is 58.0 Å². The zero-order chi connectivity index (χ0) is 14.5. The van der Waals surface area contributed by atoms with Gasteiger partial charge in [0.2, 0.25) is 0 Å². The third-order valence-electron chi connectivity index (χ3n) is 4.03. The molecule has 0 spiro atoms. The van der Waals surface area contributed by atoms with Gasteiger partial charge in [0.15, 0.2) is 11.5 Å². The number of hydrogen-bond donors (Lipinski definition) is 0. The first-order valence-corrected chi connectivity index (χ1v) is 7.07. The van der Waals surface area contributed by atoms with E-state index in [1.54, 1.807) is 25.3 Å². The molecule has 108 valence electrons. The normalized spacial score (nSPS) is 18.3. The standard InChI is InChI=1S/C16H22N2O2/c1-12(14-6-8-18(2)9-7-14)20-16-10-13(11-17)4-5-15(16)19-3/h4-5,10,12,14H,6-9H2,1-3H3. The van der Waals surface area contributed by atoms with Crippen LogP contribution in [-0.4, -0.2) is 38.3 Å². The van der Waals surface area contributed by atoms with Gasteiger partial charge in [-0.1, -0.05) is 0 Å². The number of likely N-dealkylation sites (tertiary alicyclic amines) is 1. The Balaban J connectivity index is 2.07. The van der Waals surface area contributed by atoms with Crippen LogP contribution in [0.4, 0.5) is 0 Å². The highest BCUT2D eigenvalue weighted by Gasteiger charge is 2.24. The van der Waals surface area contributed by atoms with Crippen molar-refractivity contribution in [3.05, 3.63) is 23.8 Å². The lowest BCUT2D eigenvalue weighted by Crippen LogP contribution is -2.36. The molecule has 0 N–H and O–H groups in total. The number of piperidine rings is 1. The van der Waals surface area contributed by atoms with E-state index in [4.69, 9.17) is 14.7 Å². The minimum absolute atomic E-state index is 0.131. The van der Waals surface area contributed by atoms with Crippen LogP contribution in [0, 0.1) is 17.2 Å². The molecule has 1 aromatic rings. The fourth-order valence-corrected chi connectivity index (χ4v) is 2.63. The van der Waals surface area contributed by atoms with Crippen LogP contribution in [0.1, 0.15) is 25.3 Å². The molecule has 1 unspecified atom stereocenters. The zero-order valence-corrected chi connectivity index (χ0v) is 12.4. The van der Waals surface area contributed by atoms with Crippen LogP contribution in [0.25, 0.3) is 0 Å². The van der Waals surface area contributed by atoms with Crippen LogP contribution < -0.4 is 9.47 Å². The topological polar surface area (TPSA) is 45.5 Å². The molecule has 1 saturated heterocycles. The number of rotatable bonds is 4. The molecule has 1 atom stereocenters. The summed E-state index contributed by atoms with van der Waals surface area (Å²) in [6.07, 6.45) is 2.43. The lowest BCUT2D eigenvalue weighted by Gasteiger charge is -2.33. The molecular formula is C16H22N2O2. The van der Waals surface area contributed by atoms with Gasteiger partial charge in [0.25, 0.3) is 0 Å². The molecule has 0 bridgehead atoms. The quantitative estimate of drug-likeness (QED) is 0.847. The molecule has 0 aliphatic carbocycles. The summed E-state index contributed by atoms with van der Waals surface area (Å²) in [5, 5.41) is 8.99. The summed E-state index contributed by atoms with van der Waals surface area (Å²) in [5.41, 5.74) is 0.594. The lowest BCUT2D eigenvalue weighted by molar-refractivity contribution is 0.0952. The van der Waals surface area contributed by atoms with Gasteiger partial charge < -0.3 is 14.4 Å². The molecule has 4 heteroatoms. The van der Waals surface area contributed by atoms with E-state index in [0.717, 1.165) is 25.9 Å². The molecule has 0 radical (unpaired) electrons. The van der Waals surface area contributed by atoms with Crippen molar-refractivity contribution in [3.63, 3.8) is 0 Å². The fraction of sp³-hybridized carbons (Fsp3) is 0.562. The maximum Gasteiger partial charge on any atom is 0.162 e. The van der Waals surface area contributed by atoms with Gasteiger partial charge in [0.05, 0.1) is 24.8 Å². The molecule has 1 heterocycles. The van der Waals surface area contributed by atoms with Crippen LogP contribution in [0.2, 0.25) is 0 Å². The third kappa shape index (κ3) is 3.43. The number of nitrogens with zero attached hydrogens (tertiary/aromatic N) is 2. The average molecular weight is 274 g/mol. The Labute approximate surface area is 120 Å². The predicted molar refractivity (Wildman–Crippen MR) is 78.0 cm³/mol. The molecular weight excluding hydrogens is 252 g/mol. The van der Waals surface area contributed by atoms with Crippen molar-refractivity contribution >= 4 is 0 Å². The molecule has 0 aromatic heterocycles. The van der Waals surface area contributed by atoms with Crippen molar-refractivity contribution in [2.75, 3.05) is 27.2 Å². The van der Waals surface area contributed by atoms with Gasteiger partial charge in [0, 0.05) is 6.07 Å². The summed E-state index contributed by atoms with van der Waals surface area (Å²) in [5.74, 6) is 1.91. The molecule has 1 aliphatic rings. The van der Waals surface area contributed by atoms with Crippen molar-refractivity contribution in [2.45, 2.75) is 25.9 Å². The Kier molecular flexibility index (Phi) is 4.86. The van der Waals surface area contributed by atoms with Gasteiger partial charge in [-0.2, -0.15) is 5.26 Å². The first-order chi connectivity index (χ1) is 9.63. The highest BCUT2D eigenvalue weighted by atomic mass is 16.5. The molecule has 1 fully saturated rings. The van der Waals surface area contributed by atoms with E-state index >= 15 is 0 Å². The number of methoxy groups -OCH3 is 1. The number of ether oxygens (including phenoxy) is 2. The van der Waals surface area contributed by atoms with E-state index in [2.05, 4.69) is 24.9 Å². The van der Waals surface area contributed by atoms with E-state index in [1.165, 1.54) is 0 Å². The van der Waals surface area contributed by atoms with Crippen LogP contribution in [-0.2, 0) is 0 Å². The average Bonchev–Trinajstić information content (AvgIpc) is 2.47. The Morgan fingerprint density at radius 1 is 1.30 bits per heavy atom. The van der Waals surface area contributed by atoms with Gasteiger partial charge in [-0.25, -0.2) is 0 Å².